The van der Waals surface area contributed by atoms with Crippen molar-refractivity contribution in [2.24, 2.45) is 4.99 Å². The number of aromatic nitrogens is 2. The van der Waals surface area contributed by atoms with Crippen molar-refractivity contribution >= 4 is 22.8 Å². The molecule has 0 amide bonds. The number of aryl methyl sites for hydroxylation is 1. The minimum atomic E-state index is -0.316. The third-order valence-corrected chi connectivity index (χ3v) is 3.96. The number of benzene rings is 1. The fraction of sp³-hybridized carbons (Fsp3) is 0.174. The molecule has 0 radical (unpaired) electrons. The molecule has 0 saturated carbocycles. The van der Waals surface area contributed by atoms with Crippen molar-refractivity contribution in [1.29, 1.82) is 0 Å². The van der Waals surface area contributed by atoms with E-state index in [-0.39, 0.29) is 5.82 Å². The predicted octanol–water partition coefficient (Wildman–Crippen LogP) is 5.92. The quantitative estimate of drug-likeness (QED) is 0.529. The summed E-state index contributed by atoms with van der Waals surface area (Å²) >= 11 is 0. The highest BCUT2D eigenvalue weighted by molar-refractivity contribution is 5.94. The van der Waals surface area contributed by atoms with Crippen molar-refractivity contribution in [1.82, 2.24) is 9.97 Å². The van der Waals surface area contributed by atoms with Gasteiger partial charge in [-0.15, -0.1) is 0 Å². The standard InChI is InChI=1S/C21H18FN3.C2H6/c1-4-10-23-15(3)21-18(13-17-7-5-6-11-24-17)14(2)25-20-9-8-16(22)12-19(20)21;1-2/h4-12H,1,3,13H2,2H3;1-2H3. The van der Waals surface area contributed by atoms with Gasteiger partial charge in [-0.1, -0.05) is 39.1 Å². The molecule has 3 aromatic rings. The molecule has 0 atom stereocenters. The molecular weight excluding hydrogens is 337 g/mol. The van der Waals surface area contributed by atoms with Gasteiger partial charge in [0.05, 0.1) is 11.2 Å². The third kappa shape index (κ3) is 4.73. The zero-order valence-electron chi connectivity index (χ0n) is 16.0. The van der Waals surface area contributed by atoms with Gasteiger partial charge in [0.15, 0.2) is 0 Å². The number of nitrogens with zero attached hydrogens (tertiary/aromatic N) is 3. The zero-order chi connectivity index (χ0) is 19.8. The second-order valence-electron chi connectivity index (χ2n) is 5.67. The molecule has 0 bridgehead atoms. The van der Waals surface area contributed by atoms with Gasteiger partial charge in [-0.2, -0.15) is 0 Å². The molecule has 0 N–H and O–H groups in total. The van der Waals surface area contributed by atoms with E-state index in [0.717, 1.165) is 22.5 Å². The fourth-order valence-corrected chi connectivity index (χ4v) is 2.83. The summed E-state index contributed by atoms with van der Waals surface area (Å²) in [6, 6.07) is 10.3. The van der Waals surface area contributed by atoms with E-state index in [1.54, 1.807) is 24.6 Å². The van der Waals surface area contributed by atoms with Crippen LogP contribution in [0.1, 0.15) is 36.4 Å². The maximum Gasteiger partial charge on any atom is 0.123 e. The summed E-state index contributed by atoms with van der Waals surface area (Å²) in [6.45, 7) is 13.6. The Morgan fingerprint density at radius 1 is 1.22 bits per heavy atom. The van der Waals surface area contributed by atoms with Gasteiger partial charge in [0.2, 0.25) is 0 Å². The van der Waals surface area contributed by atoms with Gasteiger partial charge in [0.1, 0.15) is 5.82 Å². The Balaban J connectivity index is 0.00000126. The molecule has 0 aliphatic heterocycles. The van der Waals surface area contributed by atoms with Gasteiger partial charge in [-0.25, -0.2) is 4.39 Å². The summed E-state index contributed by atoms with van der Waals surface area (Å²) in [7, 11) is 0. The first-order valence-corrected chi connectivity index (χ1v) is 8.93. The molecule has 2 heterocycles. The summed E-state index contributed by atoms with van der Waals surface area (Å²) < 4.78 is 13.9. The number of aliphatic imine (C=N–C) groups is 1. The number of halogens is 1. The molecule has 0 aliphatic carbocycles. The van der Waals surface area contributed by atoms with Crippen LogP contribution in [0.2, 0.25) is 0 Å². The number of pyridine rings is 2. The van der Waals surface area contributed by atoms with E-state index in [1.165, 1.54) is 12.1 Å². The lowest BCUT2D eigenvalue weighted by molar-refractivity contribution is 0.629. The Labute approximate surface area is 160 Å². The van der Waals surface area contributed by atoms with Crippen molar-refractivity contribution < 1.29 is 4.39 Å². The minimum absolute atomic E-state index is 0.316. The van der Waals surface area contributed by atoms with Crippen LogP contribution >= 0.6 is 0 Å². The Morgan fingerprint density at radius 2 is 2.00 bits per heavy atom. The van der Waals surface area contributed by atoms with Crippen molar-refractivity contribution in [3.05, 3.63) is 90.2 Å². The van der Waals surface area contributed by atoms with Gasteiger partial charge < -0.3 is 0 Å². The van der Waals surface area contributed by atoms with Crippen LogP contribution < -0.4 is 0 Å². The summed E-state index contributed by atoms with van der Waals surface area (Å²) in [4.78, 5) is 13.3. The molecule has 2 aromatic heterocycles. The van der Waals surface area contributed by atoms with Crippen LogP contribution in [0.25, 0.3) is 16.6 Å². The fourth-order valence-electron chi connectivity index (χ4n) is 2.83. The first kappa shape index (κ1) is 20.2. The highest BCUT2D eigenvalue weighted by atomic mass is 19.1. The van der Waals surface area contributed by atoms with Crippen LogP contribution in [0.15, 0.2) is 66.8 Å². The molecule has 3 nitrogen and oxygen atoms in total. The molecular formula is C23H24FN3. The van der Waals surface area contributed by atoms with Crippen LogP contribution in [0.5, 0.6) is 0 Å². The second kappa shape index (κ2) is 9.53. The Bertz CT molecular complexity index is 976. The summed E-state index contributed by atoms with van der Waals surface area (Å²) in [6.07, 6.45) is 5.49. The molecule has 0 fully saturated rings. The van der Waals surface area contributed by atoms with Crippen molar-refractivity contribution in [3.8, 4) is 0 Å². The second-order valence-corrected chi connectivity index (χ2v) is 5.67. The smallest absolute Gasteiger partial charge is 0.123 e. The van der Waals surface area contributed by atoms with Crippen LogP contribution in [0.3, 0.4) is 0 Å². The van der Waals surface area contributed by atoms with Gasteiger partial charge in [-0.3, -0.25) is 15.0 Å². The lowest BCUT2D eigenvalue weighted by atomic mass is 9.95. The Hall–Kier alpha value is -3.14. The average Bonchev–Trinajstić information content (AvgIpc) is 2.69. The van der Waals surface area contributed by atoms with Crippen LogP contribution in [0, 0.1) is 12.7 Å². The monoisotopic (exact) mass is 361 g/mol. The van der Waals surface area contributed by atoms with Crippen LogP contribution in [-0.4, -0.2) is 16.2 Å². The highest BCUT2D eigenvalue weighted by Crippen LogP contribution is 2.31. The topological polar surface area (TPSA) is 38.1 Å². The van der Waals surface area contributed by atoms with E-state index in [0.29, 0.717) is 23.0 Å². The average molecular weight is 361 g/mol. The normalized spacial score (nSPS) is 10.5. The van der Waals surface area contributed by atoms with Gasteiger partial charge >= 0.3 is 0 Å². The molecule has 138 valence electrons. The Morgan fingerprint density at radius 3 is 2.67 bits per heavy atom. The number of fused-ring (bicyclic) bond motifs is 1. The van der Waals surface area contributed by atoms with E-state index in [9.17, 15) is 4.39 Å². The number of allylic oxidation sites excluding steroid dienone is 1. The van der Waals surface area contributed by atoms with Crippen molar-refractivity contribution in [3.63, 3.8) is 0 Å². The van der Waals surface area contributed by atoms with E-state index in [1.807, 2.05) is 39.0 Å². The van der Waals surface area contributed by atoms with Gasteiger partial charge in [0, 0.05) is 41.2 Å². The van der Waals surface area contributed by atoms with Gasteiger partial charge in [0.25, 0.3) is 0 Å². The molecule has 0 saturated heterocycles. The Kier molecular flexibility index (Phi) is 7.12. The molecule has 0 unspecified atom stereocenters. The number of rotatable bonds is 5. The highest BCUT2D eigenvalue weighted by Gasteiger charge is 2.16. The lowest BCUT2D eigenvalue weighted by Crippen LogP contribution is -2.03. The lowest BCUT2D eigenvalue weighted by Gasteiger charge is -2.15. The summed E-state index contributed by atoms with van der Waals surface area (Å²) in [5.41, 5.74) is 4.77. The third-order valence-electron chi connectivity index (χ3n) is 3.96. The first-order valence-electron chi connectivity index (χ1n) is 8.93. The largest absolute Gasteiger partial charge is 0.261 e. The number of hydrogen-bond donors (Lipinski definition) is 0. The first-order chi connectivity index (χ1) is 13.1. The molecule has 1 aromatic carbocycles. The SMILES string of the molecule is C=CC=NC(=C)c1c(Cc2ccccn2)c(C)nc2ccc(F)cc12.CC. The summed E-state index contributed by atoms with van der Waals surface area (Å²) in [5, 5.41) is 0.697. The van der Waals surface area contributed by atoms with Crippen LogP contribution in [-0.2, 0) is 6.42 Å². The molecule has 0 spiro atoms. The maximum absolute atomic E-state index is 13.9. The zero-order valence-corrected chi connectivity index (χ0v) is 16.0. The van der Waals surface area contributed by atoms with Crippen molar-refractivity contribution in [2.45, 2.75) is 27.2 Å². The number of hydrogen-bond acceptors (Lipinski definition) is 3. The maximum atomic E-state index is 13.9. The van der Waals surface area contributed by atoms with Crippen LogP contribution in [0.4, 0.5) is 4.39 Å². The molecule has 0 aliphatic rings. The van der Waals surface area contributed by atoms with E-state index >= 15 is 0 Å². The van der Waals surface area contributed by atoms with E-state index in [4.69, 9.17) is 0 Å². The van der Waals surface area contributed by atoms with E-state index in [2.05, 4.69) is 28.1 Å². The summed E-state index contributed by atoms with van der Waals surface area (Å²) in [5.74, 6) is -0.316. The predicted molar refractivity (Wildman–Crippen MR) is 113 cm³/mol. The van der Waals surface area contributed by atoms with Gasteiger partial charge in [-0.05, 0) is 42.8 Å². The molecule has 27 heavy (non-hydrogen) atoms. The minimum Gasteiger partial charge on any atom is -0.261 e. The van der Waals surface area contributed by atoms with Crippen molar-refractivity contribution in [2.75, 3.05) is 0 Å². The molecule has 4 heteroatoms. The van der Waals surface area contributed by atoms with E-state index < -0.39 is 0 Å². The molecule has 3 rings (SSSR count).